The van der Waals surface area contributed by atoms with Crippen LogP contribution in [0.2, 0.25) is 0 Å². The van der Waals surface area contributed by atoms with E-state index in [9.17, 15) is 13.2 Å². The van der Waals surface area contributed by atoms with Gasteiger partial charge in [-0.2, -0.15) is 13.2 Å². The molecule has 0 aliphatic carbocycles. The first-order chi connectivity index (χ1) is 10.0. The first kappa shape index (κ1) is 15.6. The zero-order valence-corrected chi connectivity index (χ0v) is 11.5. The summed E-state index contributed by atoms with van der Waals surface area (Å²) >= 11 is 0. The zero-order valence-electron chi connectivity index (χ0n) is 11.5. The van der Waals surface area contributed by atoms with Gasteiger partial charge < -0.3 is 4.90 Å². The second-order valence-electron chi connectivity index (χ2n) is 4.99. The van der Waals surface area contributed by atoms with E-state index in [1.807, 2.05) is 0 Å². The van der Waals surface area contributed by atoms with Gasteiger partial charge >= 0.3 is 6.18 Å². The molecular formula is C14H18F3N3O. The molecule has 0 amide bonds. The topological polar surface area (TPSA) is 47.9 Å². The van der Waals surface area contributed by atoms with Crippen LogP contribution in [0.5, 0.6) is 0 Å². The van der Waals surface area contributed by atoms with Gasteiger partial charge in [-0.15, -0.1) is 0 Å². The van der Waals surface area contributed by atoms with E-state index in [2.05, 4.69) is 4.99 Å². The predicted octanol–water partition coefficient (Wildman–Crippen LogP) is 3.72. The van der Waals surface area contributed by atoms with Crippen molar-refractivity contribution in [3.8, 4) is 0 Å². The van der Waals surface area contributed by atoms with Crippen molar-refractivity contribution in [2.45, 2.75) is 31.9 Å². The van der Waals surface area contributed by atoms with Crippen LogP contribution in [0.1, 0.15) is 31.2 Å². The molecule has 4 nitrogen and oxygen atoms in total. The van der Waals surface area contributed by atoms with Crippen LogP contribution in [0.15, 0.2) is 23.2 Å². The van der Waals surface area contributed by atoms with Crippen molar-refractivity contribution >= 4 is 17.7 Å². The molecule has 0 atom stereocenters. The standard InChI is InChI=1S/C14H18F3N3O/c15-14(16,17)12-9-11(18-10-19-21)5-6-13(12)20-7-3-1-2-4-8-20/h5-6,9-10,21H,1-4,7-8H2,(H,18,19). The minimum Gasteiger partial charge on any atom is -0.371 e. The number of hydroxylamine groups is 1. The third-order valence-electron chi connectivity index (χ3n) is 3.50. The molecule has 7 heteroatoms. The van der Waals surface area contributed by atoms with Crippen molar-refractivity contribution in [1.82, 2.24) is 5.48 Å². The SMILES string of the molecule is ONC=Nc1ccc(N2CCCCCC2)c(C(F)(F)F)c1. The highest BCUT2D eigenvalue weighted by atomic mass is 19.4. The van der Waals surface area contributed by atoms with Crippen LogP contribution in [0, 0.1) is 0 Å². The fourth-order valence-electron chi connectivity index (χ4n) is 2.52. The number of nitrogens with zero attached hydrogens (tertiary/aromatic N) is 2. The van der Waals surface area contributed by atoms with E-state index in [0.717, 1.165) is 38.1 Å². The van der Waals surface area contributed by atoms with E-state index >= 15 is 0 Å². The summed E-state index contributed by atoms with van der Waals surface area (Å²) in [5, 5.41) is 8.42. The number of aliphatic imine (C=N–C) groups is 1. The van der Waals surface area contributed by atoms with Crippen molar-refractivity contribution in [2.75, 3.05) is 18.0 Å². The Morgan fingerprint density at radius 1 is 1.14 bits per heavy atom. The van der Waals surface area contributed by atoms with Crippen LogP contribution >= 0.6 is 0 Å². The maximum atomic E-state index is 13.3. The van der Waals surface area contributed by atoms with Gasteiger partial charge in [0.15, 0.2) is 0 Å². The molecule has 21 heavy (non-hydrogen) atoms. The van der Waals surface area contributed by atoms with Crippen LogP contribution in [-0.2, 0) is 6.18 Å². The largest absolute Gasteiger partial charge is 0.418 e. The van der Waals surface area contributed by atoms with Gasteiger partial charge in [0.2, 0.25) is 0 Å². The molecule has 1 aromatic rings. The predicted molar refractivity (Wildman–Crippen MR) is 75.2 cm³/mol. The van der Waals surface area contributed by atoms with Crippen LogP contribution in [-0.4, -0.2) is 24.6 Å². The van der Waals surface area contributed by atoms with Gasteiger partial charge in [-0.1, -0.05) is 12.8 Å². The van der Waals surface area contributed by atoms with Crippen LogP contribution < -0.4 is 10.4 Å². The summed E-state index contributed by atoms with van der Waals surface area (Å²) < 4.78 is 39.8. The molecule has 1 aromatic carbocycles. The number of benzene rings is 1. The van der Waals surface area contributed by atoms with Gasteiger partial charge in [-0.3, -0.25) is 10.7 Å². The maximum Gasteiger partial charge on any atom is 0.418 e. The maximum absolute atomic E-state index is 13.3. The summed E-state index contributed by atoms with van der Waals surface area (Å²) in [5.41, 5.74) is 1.34. The number of hydrogen-bond donors (Lipinski definition) is 2. The van der Waals surface area contributed by atoms with Crippen molar-refractivity contribution < 1.29 is 18.4 Å². The molecule has 1 saturated heterocycles. The highest BCUT2D eigenvalue weighted by molar-refractivity contribution is 5.65. The van der Waals surface area contributed by atoms with Gasteiger partial charge in [0.05, 0.1) is 11.3 Å². The molecule has 1 fully saturated rings. The highest BCUT2D eigenvalue weighted by Gasteiger charge is 2.35. The Labute approximate surface area is 121 Å². The quantitative estimate of drug-likeness (QED) is 0.508. The van der Waals surface area contributed by atoms with E-state index in [4.69, 9.17) is 5.21 Å². The molecule has 0 radical (unpaired) electrons. The average molecular weight is 301 g/mol. The molecule has 2 rings (SSSR count). The smallest absolute Gasteiger partial charge is 0.371 e. The van der Waals surface area contributed by atoms with E-state index in [-0.39, 0.29) is 11.4 Å². The van der Waals surface area contributed by atoms with Crippen molar-refractivity contribution in [2.24, 2.45) is 4.99 Å². The Balaban J connectivity index is 2.37. The lowest BCUT2D eigenvalue weighted by Crippen LogP contribution is -2.26. The number of nitrogens with one attached hydrogen (secondary N) is 1. The van der Waals surface area contributed by atoms with Crippen molar-refractivity contribution in [3.05, 3.63) is 23.8 Å². The second-order valence-corrected chi connectivity index (χ2v) is 4.99. The third-order valence-corrected chi connectivity index (χ3v) is 3.50. The molecule has 0 spiro atoms. The van der Waals surface area contributed by atoms with Gasteiger partial charge in [-0.05, 0) is 31.0 Å². The average Bonchev–Trinajstić information content (AvgIpc) is 2.73. The van der Waals surface area contributed by atoms with Gasteiger partial charge in [0, 0.05) is 18.8 Å². The van der Waals surface area contributed by atoms with Gasteiger partial charge in [0.1, 0.15) is 6.34 Å². The number of anilines is 1. The van der Waals surface area contributed by atoms with Crippen molar-refractivity contribution in [1.29, 1.82) is 0 Å². The number of alkyl halides is 3. The highest BCUT2D eigenvalue weighted by Crippen LogP contribution is 2.39. The lowest BCUT2D eigenvalue weighted by atomic mass is 10.1. The molecule has 1 aliphatic heterocycles. The zero-order chi connectivity index (χ0) is 15.3. The Morgan fingerprint density at radius 3 is 2.38 bits per heavy atom. The fraction of sp³-hybridized carbons (Fsp3) is 0.500. The molecule has 1 heterocycles. The summed E-state index contributed by atoms with van der Waals surface area (Å²) in [6.07, 6.45) is 0.434. The summed E-state index contributed by atoms with van der Waals surface area (Å²) in [4.78, 5) is 5.50. The van der Waals surface area contributed by atoms with Crippen LogP contribution in [0.25, 0.3) is 0 Å². The number of rotatable bonds is 3. The normalized spacial score (nSPS) is 17.0. The Bertz CT molecular complexity index is 495. The number of hydrogen-bond acceptors (Lipinski definition) is 3. The van der Waals surface area contributed by atoms with Crippen LogP contribution in [0.3, 0.4) is 0 Å². The first-order valence-electron chi connectivity index (χ1n) is 6.91. The van der Waals surface area contributed by atoms with E-state index in [0.29, 0.717) is 13.1 Å². The first-order valence-corrected chi connectivity index (χ1v) is 6.91. The number of halogens is 3. The molecule has 116 valence electrons. The van der Waals surface area contributed by atoms with Gasteiger partial charge in [-0.25, -0.2) is 4.99 Å². The molecular weight excluding hydrogens is 283 g/mol. The lowest BCUT2D eigenvalue weighted by molar-refractivity contribution is -0.137. The minimum atomic E-state index is -4.43. The monoisotopic (exact) mass is 301 g/mol. The Kier molecular flexibility index (Phi) is 5.06. The minimum absolute atomic E-state index is 0.141. The molecule has 0 unspecified atom stereocenters. The second kappa shape index (κ2) is 6.80. The molecule has 1 aliphatic rings. The van der Waals surface area contributed by atoms with E-state index in [1.165, 1.54) is 12.1 Å². The third kappa shape index (κ3) is 4.10. The lowest BCUT2D eigenvalue weighted by Gasteiger charge is -2.26. The summed E-state index contributed by atoms with van der Waals surface area (Å²) in [7, 11) is 0. The molecule has 0 bridgehead atoms. The van der Waals surface area contributed by atoms with E-state index < -0.39 is 11.7 Å². The summed E-state index contributed by atoms with van der Waals surface area (Å²) in [6.45, 7) is 1.29. The Morgan fingerprint density at radius 2 is 1.81 bits per heavy atom. The molecule has 0 aromatic heterocycles. The Hall–Kier alpha value is -1.76. The van der Waals surface area contributed by atoms with Gasteiger partial charge in [0.25, 0.3) is 0 Å². The summed E-state index contributed by atoms with van der Waals surface area (Å²) in [6, 6.07) is 3.98. The van der Waals surface area contributed by atoms with Crippen LogP contribution in [0.4, 0.5) is 24.5 Å². The fourth-order valence-corrected chi connectivity index (χ4v) is 2.52. The molecule has 2 N–H and O–H groups in total. The molecule has 0 saturated carbocycles. The van der Waals surface area contributed by atoms with Crippen molar-refractivity contribution in [3.63, 3.8) is 0 Å². The van der Waals surface area contributed by atoms with E-state index in [1.54, 1.807) is 10.4 Å². The summed E-state index contributed by atoms with van der Waals surface area (Å²) in [5.74, 6) is 0.